The quantitative estimate of drug-likeness (QED) is 0.404. The Balaban J connectivity index is 1.36. The molecule has 0 aliphatic carbocycles. The van der Waals surface area contributed by atoms with E-state index in [0.717, 1.165) is 30.4 Å². The zero-order chi connectivity index (χ0) is 24.6. The first-order valence-electron chi connectivity index (χ1n) is 12.3. The van der Waals surface area contributed by atoms with Gasteiger partial charge in [-0.05, 0) is 44.2 Å². The Morgan fingerprint density at radius 1 is 1.03 bits per heavy atom. The van der Waals surface area contributed by atoms with Gasteiger partial charge in [-0.1, -0.05) is 60.7 Å². The smallest absolute Gasteiger partial charge is 0.434 e. The Morgan fingerprint density at radius 3 is 2.34 bits per heavy atom. The fourth-order valence-corrected chi connectivity index (χ4v) is 4.40. The van der Waals surface area contributed by atoms with Crippen LogP contribution in [0.15, 0.2) is 60.7 Å². The molecule has 8 nitrogen and oxygen atoms in total. The molecule has 0 radical (unpaired) electrons. The molecule has 1 N–H and O–H groups in total. The predicted molar refractivity (Wildman–Crippen MR) is 129 cm³/mol. The van der Waals surface area contributed by atoms with Gasteiger partial charge in [0.1, 0.15) is 12.7 Å². The molecule has 2 amide bonds. The average molecular weight is 483 g/mol. The minimum Gasteiger partial charge on any atom is -0.443 e. The second-order valence-electron chi connectivity index (χ2n) is 9.07. The first-order valence-corrected chi connectivity index (χ1v) is 12.3. The van der Waals surface area contributed by atoms with E-state index >= 15 is 0 Å². The normalized spacial score (nSPS) is 23.5. The van der Waals surface area contributed by atoms with E-state index in [1.807, 2.05) is 67.6 Å². The van der Waals surface area contributed by atoms with Crippen molar-refractivity contribution in [1.29, 1.82) is 0 Å². The number of hydrogen-bond donors (Lipinski definition) is 1. The molecule has 0 aromatic heterocycles. The van der Waals surface area contributed by atoms with Crippen LogP contribution in [0.25, 0.3) is 0 Å². The fraction of sp³-hybridized carbons (Fsp3) is 0.481. The molecule has 2 saturated heterocycles. The van der Waals surface area contributed by atoms with Crippen LogP contribution >= 0.6 is 0 Å². The van der Waals surface area contributed by atoms with Crippen LogP contribution in [0, 0.1) is 5.92 Å². The van der Waals surface area contributed by atoms with E-state index in [4.69, 9.17) is 19.0 Å². The van der Waals surface area contributed by atoms with Crippen molar-refractivity contribution < 1.29 is 28.6 Å². The number of carbonyl (C=O) groups is 2. The standard InChI is InChI=1S/C27H34N2O6/c1-19(34-23-15-9-10-16-32-23)24-25(28-26(24)30)20(2)35-27(31)29(17-21-11-5-3-6-12-21)33-18-22-13-7-4-8-14-22/h3-8,11-14,19-20,23-25H,9-10,15-18H2,1-2H3,(H,28,30)/t19-,20+,23?,24-,25-/m1/s1. The molecular weight excluding hydrogens is 448 g/mol. The molecule has 2 aliphatic rings. The van der Waals surface area contributed by atoms with Crippen molar-refractivity contribution in [3.63, 3.8) is 0 Å². The fourth-order valence-electron chi connectivity index (χ4n) is 4.40. The van der Waals surface area contributed by atoms with Crippen LogP contribution in [0.2, 0.25) is 0 Å². The summed E-state index contributed by atoms with van der Waals surface area (Å²) >= 11 is 0. The SMILES string of the molecule is C[C@H](OC(=O)N(Cc1ccccc1)OCc1ccccc1)[C@H]1NC(=O)[C@@H]1[C@@H](C)OC1CCCCO1. The Kier molecular flexibility index (Phi) is 8.74. The minimum absolute atomic E-state index is 0.109. The molecule has 5 atom stereocenters. The molecule has 188 valence electrons. The number of nitrogens with one attached hydrogen (secondary N) is 1. The molecule has 4 rings (SSSR count). The van der Waals surface area contributed by atoms with E-state index in [9.17, 15) is 9.59 Å². The maximum absolute atomic E-state index is 13.1. The summed E-state index contributed by atoms with van der Waals surface area (Å²) in [6.07, 6.45) is 1.07. The predicted octanol–water partition coefficient (Wildman–Crippen LogP) is 4.19. The van der Waals surface area contributed by atoms with Gasteiger partial charge in [-0.3, -0.25) is 9.63 Å². The van der Waals surface area contributed by atoms with Gasteiger partial charge in [0.05, 0.1) is 24.6 Å². The van der Waals surface area contributed by atoms with Crippen LogP contribution < -0.4 is 5.32 Å². The number of hydrogen-bond acceptors (Lipinski definition) is 6. The van der Waals surface area contributed by atoms with Crippen LogP contribution in [0.1, 0.15) is 44.2 Å². The van der Waals surface area contributed by atoms with E-state index in [1.165, 1.54) is 5.06 Å². The van der Waals surface area contributed by atoms with E-state index in [2.05, 4.69) is 5.32 Å². The summed E-state index contributed by atoms with van der Waals surface area (Å²) < 4.78 is 17.4. The van der Waals surface area contributed by atoms with Crippen molar-refractivity contribution in [2.45, 2.75) is 70.8 Å². The number of benzene rings is 2. The van der Waals surface area contributed by atoms with Crippen LogP contribution in [0.4, 0.5) is 4.79 Å². The summed E-state index contributed by atoms with van der Waals surface area (Å²) in [5.74, 6) is -0.529. The molecule has 2 heterocycles. The molecule has 0 saturated carbocycles. The summed E-state index contributed by atoms with van der Waals surface area (Å²) in [5.41, 5.74) is 1.85. The summed E-state index contributed by atoms with van der Waals surface area (Å²) in [4.78, 5) is 31.3. The van der Waals surface area contributed by atoms with Crippen LogP contribution in [0.5, 0.6) is 0 Å². The number of nitrogens with zero attached hydrogens (tertiary/aromatic N) is 1. The largest absolute Gasteiger partial charge is 0.443 e. The third-order valence-corrected chi connectivity index (χ3v) is 6.40. The van der Waals surface area contributed by atoms with Crippen molar-refractivity contribution in [3.05, 3.63) is 71.8 Å². The third-order valence-electron chi connectivity index (χ3n) is 6.40. The maximum atomic E-state index is 13.1. The van der Waals surface area contributed by atoms with Crippen LogP contribution in [-0.2, 0) is 37.0 Å². The van der Waals surface area contributed by atoms with Crippen molar-refractivity contribution in [2.75, 3.05) is 6.61 Å². The molecular formula is C27H34N2O6. The van der Waals surface area contributed by atoms with E-state index in [-0.39, 0.29) is 37.5 Å². The Hall–Kier alpha value is -2.94. The number of carbonyl (C=O) groups excluding carboxylic acids is 2. The number of hydroxylamine groups is 2. The molecule has 2 aliphatic heterocycles. The van der Waals surface area contributed by atoms with E-state index < -0.39 is 18.1 Å². The van der Waals surface area contributed by atoms with Crippen molar-refractivity contribution in [3.8, 4) is 0 Å². The molecule has 0 spiro atoms. The minimum atomic E-state index is -0.610. The van der Waals surface area contributed by atoms with Crippen molar-refractivity contribution in [1.82, 2.24) is 10.4 Å². The van der Waals surface area contributed by atoms with Crippen molar-refractivity contribution >= 4 is 12.0 Å². The molecule has 0 bridgehead atoms. The second-order valence-corrected chi connectivity index (χ2v) is 9.07. The zero-order valence-electron chi connectivity index (χ0n) is 20.3. The molecule has 2 aromatic rings. The van der Waals surface area contributed by atoms with Gasteiger partial charge < -0.3 is 19.5 Å². The van der Waals surface area contributed by atoms with E-state index in [0.29, 0.717) is 6.61 Å². The maximum Gasteiger partial charge on any atom is 0.434 e. The highest BCUT2D eigenvalue weighted by molar-refractivity contribution is 5.86. The van der Waals surface area contributed by atoms with Gasteiger partial charge in [-0.25, -0.2) is 4.79 Å². The lowest BCUT2D eigenvalue weighted by atomic mass is 9.83. The molecule has 35 heavy (non-hydrogen) atoms. The highest BCUT2D eigenvalue weighted by Crippen LogP contribution is 2.28. The topological polar surface area (TPSA) is 86.3 Å². The lowest BCUT2D eigenvalue weighted by molar-refractivity contribution is -0.206. The third kappa shape index (κ3) is 6.81. The number of amides is 2. The van der Waals surface area contributed by atoms with Crippen LogP contribution in [0.3, 0.4) is 0 Å². The second kappa shape index (κ2) is 12.2. The van der Waals surface area contributed by atoms with Gasteiger partial charge in [0.25, 0.3) is 0 Å². The number of β-lactam (4-membered cyclic amide) rings is 1. The Bertz CT molecular complexity index is 951. The number of rotatable bonds is 10. The first kappa shape index (κ1) is 25.2. The lowest BCUT2D eigenvalue weighted by Crippen LogP contribution is -2.67. The zero-order valence-corrected chi connectivity index (χ0v) is 20.3. The summed E-state index contributed by atoms with van der Waals surface area (Å²) in [7, 11) is 0. The van der Waals surface area contributed by atoms with Crippen LogP contribution in [-0.4, -0.2) is 48.2 Å². The van der Waals surface area contributed by atoms with Crippen molar-refractivity contribution in [2.24, 2.45) is 5.92 Å². The van der Waals surface area contributed by atoms with Gasteiger partial charge in [-0.2, -0.15) is 5.06 Å². The van der Waals surface area contributed by atoms with Gasteiger partial charge in [0.2, 0.25) is 5.91 Å². The Labute approximate surface area is 206 Å². The molecule has 2 aromatic carbocycles. The van der Waals surface area contributed by atoms with Gasteiger partial charge in [0.15, 0.2) is 6.29 Å². The highest BCUT2D eigenvalue weighted by Gasteiger charge is 2.48. The summed E-state index contributed by atoms with van der Waals surface area (Å²) in [5, 5.41) is 4.09. The van der Waals surface area contributed by atoms with E-state index in [1.54, 1.807) is 6.92 Å². The molecule has 8 heteroatoms. The number of ether oxygens (including phenoxy) is 3. The molecule has 1 unspecified atom stereocenters. The first-order chi connectivity index (χ1) is 17.0. The van der Waals surface area contributed by atoms with Gasteiger partial charge >= 0.3 is 6.09 Å². The highest BCUT2D eigenvalue weighted by atomic mass is 16.7. The average Bonchev–Trinajstić information content (AvgIpc) is 2.86. The van der Waals surface area contributed by atoms with Gasteiger partial charge in [0, 0.05) is 6.61 Å². The van der Waals surface area contributed by atoms with Gasteiger partial charge in [-0.15, -0.1) is 0 Å². The Morgan fingerprint density at radius 2 is 1.71 bits per heavy atom. The summed E-state index contributed by atoms with van der Waals surface area (Å²) in [6.45, 7) is 4.78. The monoisotopic (exact) mass is 482 g/mol. The summed E-state index contributed by atoms with van der Waals surface area (Å²) in [6, 6.07) is 18.8. The lowest BCUT2D eigenvalue weighted by Gasteiger charge is -2.43. The molecule has 2 fully saturated rings.